The van der Waals surface area contributed by atoms with Crippen LogP contribution in [0.4, 0.5) is 0 Å². The Bertz CT molecular complexity index is 226. The van der Waals surface area contributed by atoms with Crippen molar-refractivity contribution in [2.45, 2.75) is 39.2 Å². The summed E-state index contributed by atoms with van der Waals surface area (Å²) in [6.45, 7) is 7.85. The van der Waals surface area contributed by atoms with Gasteiger partial charge in [-0.1, -0.05) is 13.8 Å². The van der Waals surface area contributed by atoms with Gasteiger partial charge in [0.15, 0.2) is 0 Å². The molecule has 17 heavy (non-hydrogen) atoms. The first-order valence-corrected chi connectivity index (χ1v) is 6.91. The van der Waals surface area contributed by atoms with Gasteiger partial charge in [0, 0.05) is 12.6 Å². The first kappa shape index (κ1) is 14.9. The van der Waals surface area contributed by atoms with Gasteiger partial charge in [0.25, 0.3) is 0 Å². The van der Waals surface area contributed by atoms with Crippen LogP contribution >= 0.6 is 0 Å². The largest absolute Gasteiger partial charge is 0.330 e. The van der Waals surface area contributed by atoms with Crippen LogP contribution in [0.3, 0.4) is 0 Å². The molecule has 0 amide bonds. The SMILES string of the molecule is CN1CCCC(C(CC(C)(C)CN)N(C)C)C1. The lowest BCUT2D eigenvalue weighted by molar-refractivity contribution is 0.0897. The van der Waals surface area contributed by atoms with Crippen LogP contribution in [0.1, 0.15) is 33.1 Å². The molecule has 1 heterocycles. The van der Waals surface area contributed by atoms with Gasteiger partial charge in [-0.2, -0.15) is 0 Å². The van der Waals surface area contributed by atoms with Crippen molar-refractivity contribution in [1.29, 1.82) is 0 Å². The number of hydrogen-bond donors (Lipinski definition) is 1. The molecular formula is C14H31N3. The average Bonchev–Trinajstić information content (AvgIpc) is 2.25. The Hall–Kier alpha value is -0.120. The van der Waals surface area contributed by atoms with E-state index in [0.717, 1.165) is 12.5 Å². The summed E-state index contributed by atoms with van der Waals surface area (Å²) < 4.78 is 0. The quantitative estimate of drug-likeness (QED) is 0.794. The number of rotatable bonds is 5. The molecule has 3 heteroatoms. The fourth-order valence-corrected chi connectivity index (χ4v) is 2.94. The Morgan fingerprint density at radius 1 is 1.41 bits per heavy atom. The smallest absolute Gasteiger partial charge is 0.0135 e. The molecule has 3 nitrogen and oxygen atoms in total. The van der Waals surface area contributed by atoms with E-state index in [-0.39, 0.29) is 5.41 Å². The molecule has 1 aliphatic rings. The Balaban J connectivity index is 2.65. The van der Waals surface area contributed by atoms with E-state index in [4.69, 9.17) is 5.73 Å². The predicted molar refractivity (Wildman–Crippen MR) is 75.1 cm³/mol. The maximum atomic E-state index is 5.88. The highest BCUT2D eigenvalue weighted by Gasteiger charge is 2.31. The number of nitrogens with zero attached hydrogens (tertiary/aromatic N) is 2. The number of nitrogens with two attached hydrogens (primary N) is 1. The van der Waals surface area contributed by atoms with Gasteiger partial charge in [0.1, 0.15) is 0 Å². The Morgan fingerprint density at radius 3 is 2.53 bits per heavy atom. The molecule has 1 aliphatic heterocycles. The number of likely N-dealkylation sites (tertiary alicyclic amines) is 1. The fourth-order valence-electron chi connectivity index (χ4n) is 2.94. The van der Waals surface area contributed by atoms with Crippen LogP contribution in [-0.2, 0) is 0 Å². The van der Waals surface area contributed by atoms with Gasteiger partial charge in [-0.15, -0.1) is 0 Å². The average molecular weight is 241 g/mol. The minimum Gasteiger partial charge on any atom is -0.330 e. The van der Waals surface area contributed by atoms with Crippen molar-refractivity contribution in [2.75, 3.05) is 40.8 Å². The van der Waals surface area contributed by atoms with Crippen molar-refractivity contribution in [3.05, 3.63) is 0 Å². The van der Waals surface area contributed by atoms with Crippen LogP contribution in [0, 0.1) is 11.3 Å². The van der Waals surface area contributed by atoms with Crippen molar-refractivity contribution in [3.8, 4) is 0 Å². The zero-order chi connectivity index (χ0) is 13.1. The van der Waals surface area contributed by atoms with Gasteiger partial charge in [-0.25, -0.2) is 0 Å². The zero-order valence-electron chi connectivity index (χ0n) is 12.4. The predicted octanol–water partition coefficient (Wildman–Crippen LogP) is 1.63. The first-order valence-electron chi connectivity index (χ1n) is 6.91. The highest BCUT2D eigenvalue weighted by molar-refractivity contribution is 4.86. The zero-order valence-corrected chi connectivity index (χ0v) is 12.4. The van der Waals surface area contributed by atoms with Crippen LogP contribution in [0.2, 0.25) is 0 Å². The molecule has 0 aromatic carbocycles. The summed E-state index contributed by atoms with van der Waals surface area (Å²) >= 11 is 0. The molecule has 2 N–H and O–H groups in total. The molecule has 1 saturated heterocycles. The van der Waals surface area contributed by atoms with Gasteiger partial charge in [0.05, 0.1) is 0 Å². The molecule has 1 rings (SSSR count). The summed E-state index contributed by atoms with van der Waals surface area (Å²) in [7, 11) is 6.67. The van der Waals surface area contributed by atoms with Gasteiger partial charge < -0.3 is 15.5 Å². The summed E-state index contributed by atoms with van der Waals surface area (Å²) in [6, 6.07) is 0.663. The van der Waals surface area contributed by atoms with E-state index in [9.17, 15) is 0 Å². The summed E-state index contributed by atoms with van der Waals surface area (Å²) in [6.07, 6.45) is 3.91. The molecule has 102 valence electrons. The van der Waals surface area contributed by atoms with Crippen molar-refractivity contribution in [2.24, 2.45) is 17.1 Å². The van der Waals surface area contributed by atoms with Crippen molar-refractivity contribution < 1.29 is 0 Å². The van der Waals surface area contributed by atoms with Crippen LogP contribution in [0.15, 0.2) is 0 Å². The maximum absolute atomic E-state index is 5.88. The monoisotopic (exact) mass is 241 g/mol. The summed E-state index contributed by atoms with van der Waals surface area (Å²) in [5.74, 6) is 0.801. The topological polar surface area (TPSA) is 32.5 Å². The molecule has 0 saturated carbocycles. The van der Waals surface area contributed by atoms with Crippen LogP contribution in [-0.4, -0.2) is 56.6 Å². The summed E-state index contributed by atoms with van der Waals surface area (Å²) in [4.78, 5) is 4.88. The maximum Gasteiger partial charge on any atom is 0.0135 e. The molecule has 2 atom stereocenters. The normalized spacial score (nSPS) is 25.2. The molecule has 0 radical (unpaired) electrons. The first-order chi connectivity index (χ1) is 7.85. The second-order valence-corrected chi connectivity index (χ2v) is 6.77. The standard InChI is InChI=1S/C14H31N3/c1-14(2,11-15)9-13(16(3)4)12-7-6-8-17(5)10-12/h12-13H,6-11,15H2,1-5H3. The molecule has 0 bridgehead atoms. The van der Waals surface area contributed by atoms with E-state index in [0.29, 0.717) is 6.04 Å². The Kier molecular flexibility index (Phi) is 5.42. The van der Waals surface area contributed by atoms with Crippen molar-refractivity contribution in [3.63, 3.8) is 0 Å². The Morgan fingerprint density at radius 2 is 2.06 bits per heavy atom. The van der Waals surface area contributed by atoms with Crippen LogP contribution in [0.25, 0.3) is 0 Å². The van der Waals surface area contributed by atoms with Gasteiger partial charge in [-0.05, 0) is 64.8 Å². The molecule has 0 aromatic rings. The molecule has 1 fully saturated rings. The third kappa shape index (κ3) is 4.57. The third-order valence-electron chi connectivity index (χ3n) is 4.18. The van der Waals surface area contributed by atoms with Crippen LogP contribution in [0.5, 0.6) is 0 Å². The number of hydrogen-bond acceptors (Lipinski definition) is 3. The van der Waals surface area contributed by atoms with Crippen LogP contribution < -0.4 is 5.73 Å². The molecule has 2 unspecified atom stereocenters. The fraction of sp³-hybridized carbons (Fsp3) is 1.00. The second kappa shape index (κ2) is 6.17. The molecule has 0 spiro atoms. The van der Waals surface area contributed by atoms with Gasteiger partial charge >= 0.3 is 0 Å². The van der Waals surface area contributed by atoms with E-state index in [1.807, 2.05) is 0 Å². The van der Waals surface area contributed by atoms with E-state index in [1.54, 1.807) is 0 Å². The summed E-state index contributed by atoms with van der Waals surface area (Å²) in [5, 5.41) is 0. The van der Waals surface area contributed by atoms with E-state index in [2.05, 4.69) is 44.8 Å². The van der Waals surface area contributed by atoms with Gasteiger partial charge in [0.2, 0.25) is 0 Å². The molecule has 0 aliphatic carbocycles. The van der Waals surface area contributed by atoms with E-state index in [1.165, 1.54) is 32.4 Å². The second-order valence-electron chi connectivity index (χ2n) is 6.77. The van der Waals surface area contributed by atoms with Gasteiger partial charge in [-0.3, -0.25) is 0 Å². The highest BCUT2D eigenvalue weighted by atomic mass is 15.1. The molecule has 0 aromatic heterocycles. The number of piperidine rings is 1. The minimum atomic E-state index is 0.255. The highest BCUT2D eigenvalue weighted by Crippen LogP contribution is 2.30. The van der Waals surface area contributed by atoms with Crippen molar-refractivity contribution in [1.82, 2.24) is 9.80 Å². The lowest BCUT2D eigenvalue weighted by Crippen LogP contribution is -2.46. The lowest BCUT2D eigenvalue weighted by Gasteiger charge is -2.41. The Labute approximate surface area is 107 Å². The lowest BCUT2D eigenvalue weighted by atomic mass is 9.78. The minimum absolute atomic E-state index is 0.255. The summed E-state index contributed by atoms with van der Waals surface area (Å²) in [5.41, 5.74) is 6.14. The van der Waals surface area contributed by atoms with E-state index < -0.39 is 0 Å². The third-order valence-corrected chi connectivity index (χ3v) is 4.18. The molecular weight excluding hydrogens is 210 g/mol. The van der Waals surface area contributed by atoms with E-state index >= 15 is 0 Å². The van der Waals surface area contributed by atoms with Crippen molar-refractivity contribution >= 4 is 0 Å².